The molecule has 0 radical (unpaired) electrons. The number of hydrogen-bond acceptors (Lipinski definition) is 3. The lowest BCUT2D eigenvalue weighted by molar-refractivity contribution is -0.136. The molecule has 0 fully saturated rings. The molecule has 0 bridgehead atoms. The highest BCUT2D eigenvalue weighted by molar-refractivity contribution is 6.39. The van der Waals surface area contributed by atoms with Crippen LogP contribution in [0.25, 0.3) is 0 Å². The summed E-state index contributed by atoms with van der Waals surface area (Å²) in [5.41, 5.74) is 3.25. The quantitative estimate of drug-likeness (QED) is 0.749. The van der Waals surface area contributed by atoms with Crippen LogP contribution < -0.4 is 10.6 Å². The predicted octanol–water partition coefficient (Wildman–Crippen LogP) is 2.73. The molecule has 2 aromatic rings. The minimum atomic E-state index is -0.718. The zero-order valence-electron chi connectivity index (χ0n) is 14.8. The molecule has 0 aliphatic heterocycles. The molecule has 25 heavy (non-hydrogen) atoms. The average molecular weight is 340 g/mol. The summed E-state index contributed by atoms with van der Waals surface area (Å²) in [5.74, 6) is -1.43. The van der Waals surface area contributed by atoms with Gasteiger partial charge in [0.05, 0.1) is 6.61 Å². The van der Waals surface area contributed by atoms with Crippen molar-refractivity contribution in [1.29, 1.82) is 0 Å². The van der Waals surface area contributed by atoms with E-state index in [1.54, 1.807) is 24.3 Å². The van der Waals surface area contributed by atoms with Crippen molar-refractivity contribution in [3.63, 3.8) is 0 Å². The van der Waals surface area contributed by atoms with Gasteiger partial charge in [0, 0.05) is 12.2 Å². The van der Waals surface area contributed by atoms with Crippen LogP contribution in [-0.2, 0) is 28.2 Å². The highest BCUT2D eigenvalue weighted by Gasteiger charge is 2.16. The Hall–Kier alpha value is -2.66. The Morgan fingerprint density at radius 2 is 1.52 bits per heavy atom. The first-order chi connectivity index (χ1) is 11.8. The third-order valence-corrected chi connectivity index (χ3v) is 3.94. The molecule has 3 N–H and O–H groups in total. The van der Waals surface area contributed by atoms with Crippen LogP contribution in [0.2, 0.25) is 0 Å². The maximum atomic E-state index is 12.0. The Kier molecular flexibility index (Phi) is 5.93. The number of nitrogens with one attached hydrogen (secondary N) is 2. The lowest BCUT2D eigenvalue weighted by atomic mass is 9.87. The molecule has 0 unspecified atom stereocenters. The van der Waals surface area contributed by atoms with E-state index >= 15 is 0 Å². The third-order valence-electron chi connectivity index (χ3n) is 3.94. The molecule has 0 atom stereocenters. The molecule has 0 heterocycles. The van der Waals surface area contributed by atoms with Crippen LogP contribution >= 0.6 is 0 Å². The van der Waals surface area contributed by atoms with Crippen molar-refractivity contribution < 1.29 is 14.7 Å². The van der Waals surface area contributed by atoms with Crippen LogP contribution in [0.3, 0.4) is 0 Å². The molecular formula is C20H24N2O3. The summed E-state index contributed by atoms with van der Waals surface area (Å²) >= 11 is 0. The van der Waals surface area contributed by atoms with E-state index in [2.05, 4.69) is 31.4 Å². The van der Waals surface area contributed by atoms with E-state index in [0.29, 0.717) is 5.69 Å². The monoisotopic (exact) mass is 340 g/mol. The maximum absolute atomic E-state index is 12.0. The summed E-state index contributed by atoms with van der Waals surface area (Å²) in [7, 11) is 0. The van der Waals surface area contributed by atoms with E-state index in [1.807, 2.05) is 24.3 Å². The average Bonchev–Trinajstić information content (AvgIpc) is 2.59. The van der Waals surface area contributed by atoms with Crippen LogP contribution in [0.5, 0.6) is 0 Å². The van der Waals surface area contributed by atoms with Crippen molar-refractivity contribution in [3.8, 4) is 0 Å². The van der Waals surface area contributed by atoms with Gasteiger partial charge in [-0.3, -0.25) is 9.59 Å². The largest absolute Gasteiger partial charge is 0.392 e. The Morgan fingerprint density at radius 3 is 2.08 bits per heavy atom. The van der Waals surface area contributed by atoms with E-state index in [-0.39, 0.29) is 18.6 Å². The van der Waals surface area contributed by atoms with E-state index in [4.69, 9.17) is 0 Å². The summed E-state index contributed by atoms with van der Waals surface area (Å²) in [6.45, 7) is 6.40. The molecular weight excluding hydrogens is 316 g/mol. The number of carbonyl (C=O) groups excluding carboxylic acids is 2. The fourth-order valence-electron chi connectivity index (χ4n) is 2.38. The van der Waals surface area contributed by atoms with Crippen molar-refractivity contribution in [1.82, 2.24) is 5.32 Å². The van der Waals surface area contributed by atoms with Crippen molar-refractivity contribution >= 4 is 17.5 Å². The van der Waals surface area contributed by atoms with Crippen molar-refractivity contribution in [2.24, 2.45) is 0 Å². The topological polar surface area (TPSA) is 78.4 Å². The van der Waals surface area contributed by atoms with E-state index in [1.165, 1.54) is 0 Å². The number of anilines is 1. The Bertz CT molecular complexity index is 746. The number of hydrogen-bond donors (Lipinski definition) is 3. The smallest absolute Gasteiger partial charge is 0.313 e. The first-order valence-corrected chi connectivity index (χ1v) is 8.18. The number of benzene rings is 2. The lowest BCUT2D eigenvalue weighted by Gasteiger charge is -2.19. The first kappa shape index (κ1) is 18.7. The van der Waals surface area contributed by atoms with Crippen LogP contribution in [0.1, 0.15) is 37.5 Å². The van der Waals surface area contributed by atoms with Gasteiger partial charge in [0.1, 0.15) is 0 Å². The Labute approximate surface area is 148 Å². The van der Waals surface area contributed by atoms with E-state index in [9.17, 15) is 14.7 Å². The molecule has 0 spiro atoms. The van der Waals surface area contributed by atoms with Crippen molar-refractivity contribution in [2.45, 2.75) is 39.3 Å². The van der Waals surface area contributed by atoms with Crippen molar-refractivity contribution in [3.05, 3.63) is 65.2 Å². The van der Waals surface area contributed by atoms with Gasteiger partial charge in [-0.25, -0.2) is 0 Å². The standard InChI is InChI=1S/C20H24N2O3/c1-20(2,3)16-8-10-17(11-9-16)22-19(25)18(24)21-12-14-6-4-5-7-15(14)13-23/h4-11,23H,12-13H2,1-3H3,(H,21,24)(H,22,25). The summed E-state index contributed by atoms with van der Waals surface area (Å²) in [6.07, 6.45) is 0. The summed E-state index contributed by atoms with van der Waals surface area (Å²) in [5, 5.41) is 14.4. The van der Waals surface area contributed by atoms with Crippen LogP contribution in [0.4, 0.5) is 5.69 Å². The van der Waals surface area contributed by atoms with Gasteiger partial charge in [0.25, 0.3) is 0 Å². The Balaban J connectivity index is 1.93. The fraction of sp³-hybridized carbons (Fsp3) is 0.300. The van der Waals surface area contributed by atoms with Gasteiger partial charge in [-0.05, 0) is 34.2 Å². The van der Waals surface area contributed by atoms with Crippen molar-refractivity contribution in [2.75, 3.05) is 5.32 Å². The van der Waals surface area contributed by atoms with Gasteiger partial charge in [-0.15, -0.1) is 0 Å². The molecule has 2 amide bonds. The number of carbonyl (C=O) groups is 2. The van der Waals surface area contributed by atoms with Gasteiger partial charge in [0.2, 0.25) is 0 Å². The van der Waals surface area contributed by atoms with E-state index in [0.717, 1.165) is 16.7 Å². The minimum absolute atomic E-state index is 0.0278. The zero-order valence-corrected chi connectivity index (χ0v) is 14.8. The van der Waals surface area contributed by atoms with Crippen LogP contribution in [0, 0.1) is 0 Å². The number of amides is 2. The molecule has 0 saturated carbocycles. The second-order valence-corrected chi connectivity index (χ2v) is 6.89. The molecule has 0 saturated heterocycles. The lowest BCUT2D eigenvalue weighted by Crippen LogP contribution is -2.35. The normalized spacial score (nSPS) is 11.0. The van der Waals surface area contributed by atoms with Crippen LogP contribution in [0.15, 0.2) is 48.5 Å². The third kappa shape index (κ3) is 5.16. The summed E-state index contributed by atoms with van der Waals surface area (Å²) in [4.78, 5) is 24.0. The SMILES string of the molecule is CC(C)(C)c1ccc(NC(=O)C(=O)NCc2ccccc2CO)cc1. The minimum Gasteiger partial charge on any atom is -0.392 e. The summed E-state index contributed by atoms with van der Waals surface area (Å²) < 4.78 is 0. The molecule has 132 valence electrons. The van der Waals surface area contributed by atoms with Crippen LogP contribution in [-0.4, -0.2) is 16.9 Å². The molecule has 2 aromatic carbocycles. The highest BCUT2D eigenvalue weighted by atomic mass is 16.3. The van der Waals surface area contributed by atoms with Gasteiger partial charge in [0.15, 0.2) is 0 Å². The Morgan fingerprint density at radius 1 is 0.920 bits per heavy atom. The molecule has 5 heteroatoms. The first-order valence-electron chi connectivity index (χ1n) is 8.18. The van der Waals surface area contributed by atoms with Gasteiger partial charge >= 0.3 is 11.8 Å². The van der Waals surface area contributed by atoms with Gasteiger partial charge in [-0.1, -0.05) is 57.2 Å². The molecule has 0 aliphatic carbocycles. The number of aliphatic hydroxyl groups excluding tert-OH is 1. The van der Waals surface area contributed by atoms with E-state index < -0.39 is 11.8 Å². The maximum Gasteiger partial charge on any atom is 0.313 e. The molecule has 0 aliphatic rings. The predicted molar refractivity (Wildman–Crippen MR) is 98.0 cm³/mol. The van der Waals surface area contributed by atoms with Gasteiger partial charge < -0.3 is 15.7 Å². The summed E-state index contributed by atoms with van der Waals surface area (Å²) in [6, 6.07) is 14.6. The fourth-order valence-corrected chi connectivity index (χ4v) is 2.38. The zero-order chi connectivity index (χ0) is 18.4. The second kappa shape index (κ2) is 7.94. The molecule has 0 aromatic heterocycles. The molecule has 2 rings (SSSR count). The second-order valence-electron chi connectivity index (χ2n) is 6.89. The number of rotatable bonds is 4. The molecule has 5 nitrogen and oxygen atoms in total. The van der Waals surface area contributed by atoms with Gasteiger partial charge in [-0.2, -0.15) is 0 Å². The highest BCUT2D eigenvalue weighted by Crippen LogP contribution is 2.23. The number of aliphatic hydroxyl groups is 1.